The van der Waals surface area contributed by atoms with Crippen LogP contribution in [0.5, 0.6) is 17.2 Å². The van der Waals surface area contributed by atoms with Crippen molar-refractivity contribution in [2.24, 2.45) is 5.73 Å². The van der Waals surface area contributed by atoms with Gasteiger partial charge < -0.3 is 20.1 Å². The SMILES string of the molecule is CN(C(C(=O)N1CCC(N)CC1)C(F)(F)c1ccc(Oc2ccccc2)cc1)S(=O)(=O)c1ccc2cc(OC3CCCC3)ccc2c1. The van der Waals surface area contributed by atoms with Crippen LogP contribution in [-0.2, 0) is 20.7 Å². The van der Waals surface area contributed by atoms with Crippen LogP contribution in [-0.4, -0.2) is 61.9 Å². The van der Waals surface area contributed by atoms with Crippen LogP contribution >= 0.6 is 0 Å². The first-order valence-corrected chi connectivity index (χ1v) is 17.4. The largest absolute Gasteiger partial charge is 0.490 e. The molecule has 4 aromatic rings. The molecular weight excluding hydrogens is 624 g/mol. The van der Waals surface area contributed by atoms with E-state index in [0.717, 1.165) is 50.2 Å². The number of ether oxygens (including phenoxy) is 2. The van der Waals surface area contributed by atoms with Crippen LogP contribution in [0.25, 0.3) is 10.8 Å². The number of nitrogens with zero attached hydrogens (tertiary/aromatic N) is 2. The second kappa shape index (κ2) is 13.6. The summed E-state index contributed by atoms with van der Waals surface area (Å²) in [6.07, 6.45) is 5.31. The summed E-state index contributed by atoms with van der Waals surface area (Å²) in [4.78, 5) is 15.0. The number of halogens is 2. The minimum absolute atomic E-state index is 0.154. The quantitative estimate of drug-likeness (QED) is 0.203. The Bertz CT molecular complexity index is 1810. The predicted molar refractivity (Wildman–Crippen MR) is 176 cm³/mol. The number of amides is 1. The van der Waals surface area contributed by atoms with Crippen molar-refractivity contribution < 1.29 is 31.5 Å². The molecule has 1 saturated carbocycles. The summed E-state index contributed by atoms with van der Waals surface area (Å²) in [5.41, 5.74) is 5.49. The number of carbonyl (C=O) groups is 1. The van der Waals surface area contributed by atoms with Gasteiger partial charge in [-0.15, -0.1) is 0 Å². The van der Waals surface area contributed by atoms with Crippen LogP contribution in [0.2, 0.25) is 0 Å². The zero-order valence-electron chi connectivity index (χ0n) is 26.2. The van der Waals surface area contributed by atoms with E-state index < -0.39 is 33.5 Å². The van der Waals surface area contributed by atoms with Gasteiger partial charge in [-0.2, -0.15) is 13.1 Å². The first-order chi connectivity index (χ1) is 22.5. The maximum absolute atomic E-state index is 16.6. The van der Waals surface area contributed by atoms with Gasteiger partial charge in [0.05, 0.1) is 11.0 Å². The highest BCUT2D eigenvalue weighted by atomic mass is 32.2. The Labute approximate surface area is 274 Å². The van der Waals surface area contributed by atoms with Crippen molar-refractivity contribution in [2.75, 3.05) is 20.1 Å². The number of sulfonamides is 1. The summed E-state index contributed by atoms with van der Waals surface area (Å²) in [6, 6.07) is 21.3. The molecule has 0 bridgehead atoms. The molecule has 1 amide bonds. The summed E-state index contributed by atoms with van der Waals surface area (Å²) in [5, 5.41) is 1.36. The van der Waals surface area contributed by atoms with Gasteiger partial charge in [0.25, 0.3) is 5.92 Å². The van der Waals surface area contributed by atoms with Crippen molar-refractivity contribution in [2.45, 2.75) is 67.5 Å². The average molecular weight is 664 g/mol. The van der Waals surface area contributed by atoms with Crippen molar-refractivity contribution in [3.8, 4) is 17.2 Å². The maximum atomic E-state index is 16.6. The number of rotatable bonds is 10. The topological polar surface area (TPSA) is 102 Å². The van der Waals surface area contributed by atoms with Crippen molar-refractivity contribution in [1.29, 1.82) is 0 Å². The van der Waals surface area contributed by atoms with E-state index in [1.807, 2.05) is 12.1 Å². The summed E-state index contributed by atoms with van der Waals surface area (Å²) < 4.78 is 73.6. The monoisotopic (exact) mass is 663 g/mol. The number of nitrogens with two attached hydrogens (primary N) is 1. The standard InChI is InChI=1S/C36H39F2N3O5S/c1-40(47(43,44)33-18-12-25-23-32(15-11-26(25)24-33)46-30-9-5-6-10-30)34(35(42)41-21-19-28(39)20-22-41)36(37,38)27-13-16-31(17-14-27)45-29-7-3-2-4-8-29/h2-4,7-8,11-18,23-24,28,30,34H,5-6,9-10,19-22,39H2,1H3. The third kappa shape index (κ3) is 7.12. The predicted octanol–water partition coefficient (Wildman–Crippen LogP) is 6.68. The molecule has 4 aromatic carbocycles. The number of para-hydroxylation sites is 1. The number of likely N-dealkylation sites (tertiary alicyclic amines) is 1. The van der Waals surface area contributed by atoms with Gasteiger partial charge in [-0.25, -0.2) is 8.42 Å². The van der Waals surface area contributed by atoms with E-state index in [1.54, 1.807) is 42.5 Å². The lowest BCUT2D eigenvalue weighted by Gasteiger charge is -2.38. The van der Waals surface area contributed by atoms with Gasteiger partial charge in [-0.1, -0.05) is 30.3 Å². The highest BCUT2D eigenvalue weighted by Crippen LogP contribution is 2.39. The van der Waals surface area contributed by atoms with Crippen molar-refractivity contribution in [1.82, 2.24) is 9.21 Å². The van der Waals surface area contributed by atoms with Crippen LogP contribution in [0.1, 0.15) is 44.1 Å². The van der Waals surface area contributed by atoms with E-state index in [4.69, 9.17) is 15.2 Å². The van der Waals surface area contributed by atoms with Gasteiger partial charge in [0.1, 0.15) is 17.2 Å². The van der Waals surface area contributed by atoms with E-state index in [9.17, 15) is 13.2 Å². The molecule has 2 N–H and O–H groups in total. The summed E-state index contributed by atoms with van der Waals surface area (Å²) >= 11 is 0. The molecule has 2 fully saturated rings. The van der Waals surface area contributed by atoms with Crippen molar-refractivity contribution in [3.63, 3.8) is 0 Å². The van der Waals surface area contributed by atoms with Gasteiger partial charge >= 0.3 is 0 Å². The zero-order chi connectivity index (χ0) is 33.2. The van der Waals surface area contributed by atoms with E-state index in [1.165, 1.54) is 29.2 Å². The number of hydrogen-bond donors (Lipinski definition) is 1. The van der Waals surface area contributed by atoms with Crippen LogP contribution < -0.4 is 15.2 Å². The lowest BCUT2D eigenvalue weighted by Crippen LogP contribution is -2.58. The fourth-order valence-electron chi connectivity index (χ4n) is 6.30. The Balaban J connectivity index is 1.30. The van der Waals surface area contributed by atoms with Crippen LogP contribution in [0.3, 0.4) is 0 Å². The second-order valence-electron chi connectivity index (χ2n) is 12.3. The van der Waals surface area contributed by atoms with E-state index in [-0.39, 0.29) is 30.1 Å². The summed E-state index contributed by atoms with van der Waals surface area (Å²) in [6.45, 7) is 0.317. The van der Waals surface area contributed by atoms with Gasteiger partial charge in [0.2, 0.25) is 15.9 Å². The lowest BCUT2D eigenvalue weighted by atomic mass is 9.98. The smallest absolute Gasteiger partial charge is 0.298 e. The number of fused-ring (bicyclic) bond motifs is 1. The minimum atomic E-state index is -4.57. The number of likely N-dealkylation sites (N-methyl/N-ethyl adjacent to an activating group) is 1. The maximum Gasteiger partial charge on any atom is 0.298 e. The Morgan fingerprint density at radius 1 is 0.851 bits per heavy atom. The molecule has 1 aliphatic carbocycles. The van der Waals surface area contributed by atoms with Gasteiger partial charge in [-0.05, 0) is 110 Å². The Morgan fingerprint density at radius 2 is 1.45 bits per heavy atom. The molecule has 0 spiro atoms. The fraction of sp³-hybridized carbons (Fsp3) is 0.361. The zero-order valence-corrected chi connectivity index (χ0v) is 27.0. The molecule has 1 atom stereocenters. The lowest BCUT2D eigenvalue weighted by molar-refractivity contribution is -0.151. The van der Waals surface area contributed by atoms with E-state index in [2.05, 4.69) is 0 Å². The first kappa shape index (κ1) is 32.9. The minimum Gasteiger partial charge on any atom is -0.490 e. The molecule has 1 unspecified atom stereocenters. The molecule has 1 heterocycles. The highest BCUT2D eigenvalue weighted by Gasteiger charge is 2.53. The molecule has 47 heavy (non-hydrogen) atoms. The van der Waals surface area contributed by atoms with Crippen molar-refractivity contribution in [3.05, 3.63) is 96.6 Å². The summed E-state index contributed by atoms with van der Waals surface area (Å²) in [7, 11) is -3.53. The highest BCUT2D eigenvalue weighted by molar-refractivity contribution is 7.89. The Hall–Kier alpha value is -4.06. The van der Waals surface area contributed by atoms with Gasteiger partial charge in [0, 0.05) is 31.7 Å². The average Bonchev–Trinajstić information content (AvgIpc) is 3.58. The molecule has 1 aliphatic heterocycles. The third-order valence-electron chi connectivity index (χ3n) is 9.08. The molecule has 1 saturated heterocycles. The van der Waals surface area contributed by atoms with Crippen molar-refractivity contribution >= 4 is 26.7 Å². The number of hydrogen-bond acceptors (Lipinski definition) is 6. The molecule has 6 rings (SSSR count). The molecule has 2 aliphatic rings. The van der Waals surface area contributed by atoms with Crippen LogP contribution in [0, 0.1) is 0 Å². The number of benzene rings is 4. The third-order valence-corrected chi connectivity index (χ3v) is 10.9. The summed E-state index contributed by atoms with van der Waals surface area (Å²) in [5.74, 6) is -3.33. The van der Waals surface area contributed by atoms with E-state index >= 15 is 8.78 Å². The molecule has 8 nitrogen and oxygen atoms in total. The number of alkyl halides is 2. The normalized spacial score (nSPS) is 17.3. The molecule has 0 radical (unpaired) electrons. The molecular formula is C36H39F2N3O5S. The fourth-order valence-corrected chi connectivity index (χ4v) is 7.65. The Morgan fingerprint density at radius 3 is 2.13 bits per heavy atom. The number of carbonyl (C=O) groups excluding carboxylic acids is 1. The number of piperidine rings is 1. The van der Waals surface area contributed by atoms with Crippen LogP contribution in [0.15, 0.2) is 95.9 Å². The van der Waals surface area contributed by atoms with Crippen LogP contribution in [0.4, 0.5) is 8.78 Å². The molecule has 248 valence electrons. The van der Waals surface area contributed by atoms with Gasteiger partial charge in [-0.3, -0.25) is 4.79 Å². The molecule has 11 heteroatoms. The first-order valence-electron chi connectivity index (χ1n) is 16.0. The Kier molecular flexibility index (Phi) is 9.50. The van der Waals surface area contributed by atoms with E-state index in [0.29, 0.717) is 39.8 Å². The second-order valence-corrected chi connectivity index (χ2v) is 14.3. The van der Waals surface area contributed by atoms with Gasteiger partial charge in [0.15, 0.2) is 6.04 Å². The molecule has 0 aromatic heterocycles.